The number of thiol groups is 4. The van der Waals surface area contributed by atoms with Gasteiger partial charge in [-0.2, -0.15) is 50.5 Å². The van der Waals surface area contributed by atoms with Crippen molar-refractivity contribution in [2.75, 3.05) is 49.2 Å². The van der Waals surface area contributed by atoms with Crippen molar-refractivity contribution in [2.45, 2.75) is 14.9 Å². The Morgan fingerprint density at radius 3 is 1.21 bits per heavy atom. The molecule has 0 saturated carbocycles. The highest BCUT2D eigenvalue weighted by atomic mass is 32.1. The lowest BCUT2D eigenvalue weighted by atomic mass is 10.1. The van der Waals surface area contributed by atoms with E-state index < -0.39 is 0 Å². The summed E-state index contributed by atoms with van der Waals surface area (Å²) in [4.78, 5) is 50.7. The van der Waals surface area contributed by atoms with Gasteiger partial charge in [0.2, 0.25) is 0 Å². The molecular weight excluding hydrogens is 563 g/mol. The van der Waals surface area contributed by atoms with Gasteiger partial charge < -0.3 is 21.3 Å². The molecule has 0 aliphatic rings. The zero-order valence-corrected chi connectivity index (χ0v) is 23.1. The number of nitrogens with zero attached hydrogens (tertiary/aromatic N) is 1. The fraction of sp³-hybridized carbons (Fsp3) is 0.400. The number of rotatable bonds is 12. The first-order valence-electron chi connectivity index (χ1n) is 11.0. The number of aromatic nitrogens is 1. The van der Waals surface area contributed by atoms with E-state index in [4.69, 9.17) is 0 Å². The molecule has 0 unspecified atom stereocenters. The molecule has 4 amide bonds. The second-order valence-electron chi connectivity index (χ2n) is 6.91. The van der Waals surface area contributed by atoms with E-state index in [1.54, 1.807) is 42.5 Å². The Hall–Kier alpha value is -2.35. The summed E-state index contributed by atoms with van der Waals surface area (Å²) in [5, 5.41) is 10.7. The van der Waals surface area contributed by atoms with Gasteiger partial charge in [0, 0.05) is 60.3 Å². The summed E-state index contributed by atoms with van der Waals surface area (Å²) in [7, 11) is 0. The first kappa shape index (κ1) is 37.8. The van der Waals surface area contributed by atoms with Gasteiger partial charge >= 0.3 is 0 Å². The molecule has 0 atom stereocenters. The van der Waals surface area contributed by atoms with Gasteiger partial charge in [0.1, 0.15) is 11.4 Å². The Morgan fingerprint density at radius 1 is 0.553 bits per heavy atom. The van der Waals surface area contributed by atoms with Crippen molar-refractivity contribution in [3.8, 4) is 0 Å². The van der Waals surface area contributed by atoms with Crippen molar-refractivity contribution >= 4 is 74.1 Å². The molecule has 0 saturated heterocycles. The lowest BCUT2D eigenvalue weighted by Crippen LogP contribution is -2.29. The van der Waals surface area contributed by atoms with Crippen LogP contribution in [-0.4, -0.2) is 77.8 Å². The van der Waals surface area contributed by atoms with E-state index in [2.05, 4.69) is 76.8 Å². The highest BCUT2D eigenvalue weighted by Crippen LogP contribution is 2.05. The summed E-state index contributed by atoms with van der Waals surface area (Å²) in [6.45, 7) is 1.91. The number of pyridine rings is 1. The minimum atomic E-state index is -0.312. The molecule has 4 N–H and O–H groups in total. The molecule has 13 heteroatoms. The standard InChI is InChI=1S/C12H16N2O2S2.C11H15N3O2S2.2CH4/c15-11(13-4-6-17)9-2-1-3-10(8-9)12(16)14-5-7-18;15-10(12-4-6-17)8-2-1-3-9(14-8)11(16)13-5-7-18;;/h1-3,8,17-18H,4-7H2,(H,13,15)(H,14,16);1-3,17-18H,4-7H2,(H,12,15)(H,13,16);2*1H4. The van der Waals surface area contributed by atoms with Gasteiger partial charge in [0.05, 0.1) is 0 Å². The minimum Gasteiger partial charge on any atom is -0.351 e. The van der Waals surface area contributed by atoms with Crippen LogP contribution in [0.1, 0.15) is 56.5 Å². The number of benzene rings is 1. The molecule has 0 aliphatic heterocycles. The van der Waals surface area contributed by atoms with E-state index in [0.29, 0.717) is 60.3 Å². The van der Waals surface area contributed by atoms with Crippen molar-refractivity contribution in [2.24, 2.45) is 0 Å². The van der Waals surface area contributed by atoms with Gasteiger partial charge in [0.15, 0.2) is 0 Å². The average Bonchev–Trinajstić information content (AvgIpc) is 2.92. The summed E-state index contributed by atoms with van der Waals surface area (Å²) < 4.78 is 0. The monoisotopic (exact) mass is 601 g/mol. The molecule has 9 nitrogen and oxygen atoms in total. The van der Waals surface area contributed by atoms with Crippen LogP contribution in [0.5, 0.6) is 0 Å². The maximum absolute atomic E-state index is 11.7. The van der Waals surface area contributed by atoms with Crippen molar-refractivity contribution in [3.63, 3.8) is 0 Å². The van der Waals surface area contributed by atoms with Crippen molar-refractivity contribution in [3.05, 3.63) is 65.0 Å². The van der Waals surface area contributed by atoms with E-state index in [1.807, 2.05) is 0 Å². The number of hydrogen-bond acceptors (Lipinski definition) is 9. The molecule has 212 valence electrons. The SMILES string of the molecule is C.C.O=C(NCCS)c1cccc(C(=O)NCCS)c1.O=C(NCCS)c1cccc(C(=O)NCCS)n1. The summed E-state index contributed by atoms with van der Waals surface area (Å²) in [5.41, 5.74) is 1.37. The highest BCUT2D eigenvalue weighted by Gasteiger charge is 2.11. The van der Waals surface area contributed by atoms with E-state index >= 15 is 0 Å². The van der Waals surface area contributed by atoms with Crippen LogP contribution in [0.4, 0.5) is 0 Å². The van der Waals surface area contributed by atoms with E-state index in [1.165, 1.54) is 0 Å². The Kier molecular flexibility index (Phi) is 22.5. The third-order valence-corrected chi connectivity index (χ3v) is 5.09. The molecule has 0 aliphatic carbocycles. The maximum Gasteiger partial charge on any atom is 0.269 e. The topological polar surface area (TPSA) is 129 Å². The zero-order chi connectivity index (χ0) is 26.8. The van der Waals surface area contributed by atoms with E-state index in [0.717, 1.165) is 0 Å². The summed E-state index contributed by atoms with van der Waals surface area (Å²) in [6, 6.07) is 11.3. The Bertz CT molecular complexity index is 861. The van der Waals surface area contributed by atoms with Crippen LogP contribution >= 0.6 is 50.5 Å². The second kappa shape index (κ2) is 22.6. The summed E-state index contributed by atoms with van der Waals surface area (Å²) >= 11 is 16.0. The van der Waals surface area contributed by atoms with E-state index in [9.17, 15) is 19.2 Å². The number of carbonyl (C=O) groups excluding carboxylic acids is 4. The van der Waals surface area contributed by atoms with Crippen LogP contribution in [0.25, 0.3) is 0 Å². The molecule has 0 spiro atoms. The molecule has 1 aromatic heterocycles. The lowest BCUT2D eigenvalue weighted by molar-refractivity contribution is 0.0935. The van der Waals surface area contributed by atoms with Gasteiger partial charge in [0.25, 0.3) is 23.6 Å². The predicted molar refractivity (Wildman–Crippen MR) is 169 cm³/mol. The minimum absolute atomic E-state index is 0. The summed E-state index contributed by atoms with van der Waals surface area (Å²) in [6.07, 6.45) is 0. The van der Waals surface area contributed by atoms with Crippen LogP contribution in [0.3, 0.4) is 0 Å². The Morgan fingerprint density at radius 2 is 0.868 bits per heavy atom. The molecule has 1 heterocycles. The van der Waals surface area contributed by atoms with Gasteiger partial charge in [-0.05, 0) is 30.3 Å². The van der Waals surface area contributed by atoms with Crippen LogP contribution < -0.4 is 21.3 Å². The quantitative estimate of drug-likeness (QED) is 0.178. The fourth-order valence-electron chi connectivity index (χ4n) is 2.55. The molecule has 2 rings (SSSR count). The first-order valence-corrected chi connectivity index (χ1v) is 13.5. The lowest BCUT2D eigenvalue weighted by Gasteiger charge is -2.06. The Balaban J connectivity index is 0. The van der Waals surface area contributed by atoms with Crippen molar-refractivity contribution < 1.29 is 19.2 Å². The largest absolute Gasteiger partial charge is 0.351 e. The average molecular weight is 602 g/mol. The molecule has 0 radical (unpaired) electrons. The molecule has 38 heavy (non-hydrogen) atoms. The highest BCUT2D eigenvalue weighted by molar-refractivity contribution is 7.80. The third-order valence-electron chi connectivity index (χ3n) is 4.19. The molecule has 1 aromatic carbocycles. The molecular formula is C25H39N5O4S4. The normalized spacial score (nSPS) is 9.37. The van der Waals surface area contributed by atoms with Crippen LogP contribution in [0, 0.1) is 0 Å². The fourth-order valence-corrected chi connectivity index (χ4v) is 3.00. The molecule has 0 bridgehead atoms. The van der Waals surface area contributed by atoms with Crippen molar-refractivity contribution in [1.82, 2.24) is 26.3 Å². The van der Waals surface area contributed by atoms with Gasteiger partial charge in [-0.25, -0.2) is 4.98 Å². The second-order valence-corrected chi connectivity index (χ2v) is 8.70. The van der Waals surface area contributed by atoms with Gasteiger partial charge in [-0.1, -0.05) is 27.0 Å². The van der Waals surface area contributed by atoms with E-state index in [-0.39, 0.29) is 49.9 Å². The smallest absolute Gasteiger partial charge is 0.269 e. The van der Waals surface area contributed by atoms with Crippen LogP contribution in [-0.2, 0) is 0 Å². The number of carbonyl (C=O) groups is 4. The molecule has 0 fully saturated rings. The van der Waals surface area contributed by atoms with Crippen LogP contribution in [0.2, 0.25) is 0 Å². The summed E-state index contributed by atoms with van der Waals surface area (Å²) in [5.74, 6) is 1.23. The van der Waals surface area contributed by atoms with Gasteiger partial charge in [-0.3, -0.25) is 19.2 Å². The maximum atomic E-state index is 11.7. The number of amides is 4. The number of hydrogen-bond donors (Lipinski definition) is 8. The van der Waals surface area contributed by atoms with Crippen LogP contribution in [0.15, 0.2) is 42.5 Å². The van der Waals surface area contributed by atoms with Gasteiger partial charge in [-0.15, -0.1) is 0 Å². The Labute approximate surface area is 247 Å². The first-order chi connectivity index (χ1) is 17.4. The molecule has 2 aromatic rings. The predicted octanol–water partition coefficient (Wildman–Crippen LogP) is 2.68. The number of nitrogens with one attached hydrogen (secondary N) is 4. The van der Waals surface area contributed by atoms with Crippen molar-refractivity contribution in [1.29, 1.82) is 0 Å². The zero-order valence-electron chi connectivity index (χ0n) is 19.6. The third kappa shape index (κ3) is 14.6.